The first-order valence-electron chi connectivity index (χ1n) is 5.30. The molecule has 0 amide bonds. The average molecular weight is 190 g/mol. The van der Waals surface area contributed by atoms with Gasteiger partial charge in [-0.15, -0.1) is 0 Å². The number of hydrogen-bond donors (Lipinski definition) is 1. The molecule has 1 nitrogen and oxygen atoms in total. The van der Waals surface area contributed by atoms with Crippen LogP contribution in [0.3, 0.4) is 0 Å². The van der Waals surface area contributed by atoms with Gasteiger partial charge in [0, 0.05) is 0 Å². The highest BCUT2D eigenvalue weighted by molar-refractivity contribution is 5.31. The highest BCUT2D eigenvalue weighted by Crippen LogP contribution is 2.53. The van der Waals surface area contributed by atoms with Crippen molar-refractivity contribution in [3.63, 3.8) is 0 Å². The van der Waals surface area contributed by atoms with E-state index in [-0.39, 0.29) is 5.41 Å². The van der Waals surface area contributed by atoms with Crippen LogP contribution >= 0.6 is 0 Å². The van der Waals surface area contributed by atoms with E-state index in [1.165, 1.54) is 18.4 Å². The highest BCUT2D eigenvalue weighted by atomic mass is 16.3. The molecule has 0 atom stereocenters. The summed E-state index contributed by atoms with van der Waals surface area (Å²) in [5.41, 5.74) is 1.12. The van der Waals surface area contributed by atoms with Crippen molar-refractivity contribution in [3.05, 3.63) is 35.9 Å². The molecule has 2 rings (SSSR count). The molecule has 0 saturated heterocycles. The van der Waals surface area contributed by atoms with Gasteiger partial charge in [-0.3, -0.25) is 0 Å². The van der Waals surface area contributed by atoms with Crippen LogP contribution < -0.4 is 0 Å². The standard InChI is InChI=1S/C13H18O/c1-12(2,14)10-13(8-9-13)11-6-4-3-5-7-11/h3-7,14H,8-10H2,1-2H3. The Labute approximate surface area is 85.8 Å². The van der Waals surface area contributed by atoms with Crippen LogP contribution in [-0.2, 0) is 5.41 Å². The molecule has 1 aromatic rings. The summed E-state index contributed by atoms with van der Waals surface area (Å²) in [6.45, 7) is 3.80. The Balaban J connectivity index is 2.18. The molecule has 0 radical (unpaired) electrons. The predicted molar refractivity (Wildman–Crippen MR) is 58.3 cm³/mol. The maximum Gasteiger partial charge on any atom is 0.0600 e. The van der Waals surface area contributed by atoms with Gasteiger partial charge in [-0.1, -0.05) is 30.3 Å². The first-order valence-corrected chi connectivity index (χ1v) is 5.30. The SMILES string of the molecule is CC(C)(O)CC1(c2ccccc2)CC1. The first-order chi connectivity index (χ1) is 6.52. The summed E-state index contributed by atoms with van der Waals surface area (Å²) in [7, 11) is 0. The molecule has 1 N–H and O–H groups in total. The Morgan fingerprint density at radius 3 is 2.21 bits per heavy atom. The molecule has 76 valence electrons. The van der Waals surface area contributed by atoms with Crippen molar-refractivity contribution in [1.82, 2.24) is 0 Å². The molecular weight excluding hydrogens is 172 g/mol. The fourth-order valence-electron chi connectivity index (χ4n) is 2.34. The van der Waals surface area contributed by atoms with Crippen molar-refractivity contribution in [2.75, 3.05) is 0 Å². The van der Waals surface area contributed by atoms with E-state index in [9.17, 15) is 5.11 Å². The van der Waals surface area contributed by atoms with Crippen molar-refractivity contribution in [2.24, 2.45) is 0 Å². The van der Waals surface area contributed by atoms with Gasteiger partial charge in [-0.25, -0.2) is 0 Å². The van der Waals surface area contributed by atoms with Gasteiger partial charge in [0.2, 0.25) is 0 Å². The van der Waals surface area contributed by atoms with Crippen LogP contribution in [0.5, 0.6) is 0 Å². The van der Waals surface area contributed by atoms with Crippen LogP contribution in [0.1, 0.15) is 38.7 Å². The van der Waals surface area contributed by atoms with E-state index in [1.807, 2.05) is 19.9 Å². The second-order valence-electron chi connectivity index (χ2n) is 5.14. The molecular formula is C13H18O. The summed E-state index contributed by atoms with van der Waals surface area (Å²) in [5.74, 6) is 0. The second-order valence-corrected chi connectivity index (χ2v) is 5.14. The lowest BCUT2D eigenvalue weighted by atomic mass is 9.85. The fraction of sp³-hybridized carbons (Fsp3) is 0.538. The maximum atomic E-state index is 9.85. The summed E-state index contributed by atoms with van der Waals surface area (Å²) < 4.78 is 0. The van der Waals surface area contributed by atoms with Gasteiger partial charge in [-0.2, -0.15) is 0 Å². The van der Waals surface area contributed by atoms with Gasteiger partial charge < -0.3 is 5.11 Å². The molecule has 0 aromatic heterocycles. The average Bonchev–Trinajstić information content (AvgIpc) is 2.85. The van der Waals surface area contributed by atoms with Crippen molar-refractivity contribution in [2.45, 2.75) is 44.1 Å². The summed E-state index contributed by atoms with van der Waals surface area (Å²) >= 11 is 0. The van der Waals surface area contributed by atoms with Crippen LogP contribution in [0, 0.1) is 0 Å². The Kier molecular flexibility index (Phi) is 2.15. The number of aliphatic hydroxyl groups is 1. The molecule has 0 unspecified atom stereocenters. The summed E-state index contributed by atoms with van der Waals surface area (Å²) in [6.07, 6.45) is 3.33. The maximum absolute atomic E-state index is 9.85. The molecule has 0 heterocycles. The van der Waals surface area contributed by atoms with Gasteiger partial charge >= 0.3 is 0 Å². The molecule has 1 fully saturated rings. The van der Waals surface area contributed by atoms with Crippen LogP contribution in [0.4, 0.5) is 0 Å². The molecule has 1 heteroatoms. The largest absolute Gasteiger partial charge is 0.390 e. The molecule has 1 aromatic carbocycles. The lowest BCUT2D eigenvalue weighted by Gasteiger charge is -2.25. The fourth-order valence-corrected chi connectivity index (χ4v) is 2.34. The normalized spacial score (nSPS) is 19.4. The molecule has 14 heavy (non-hydrogen) atoms. The Morgan fingerprint density at radius 1 is 1.21 bits per heavy atom. The Bertz CT molecular complexity index is 304. The summed E-state index contributed by atoms with van der Waals surface area (Å²) in [5, 5.41) is 9.85. The third-order valence-electron chi connectivity index (χ3n) is 3.01. The molecule has 1 saturated carbocycles. The van der Waals surface area contributed by atoms with E-state index in [0.29, 0.717) is 0 Å². The highest BCUT2D eigenvalue weighted by Gasteiger charge is 2.46. The van der Waals surface area contributed by atoms with Crippen molar-refractivity contribution >= 4 is 0 Å². The van der Waals surface area contributed by atoms with E-state index in [1.54, 1.807) is 0 Å². The molecule has 0 aliphatic heterocycles. The van der Waals surface area contributed by atoms with Gasteiger partial charge in [0.1, 0.15) is 0 Å². The van der Waals surface area contributed by atoms with Crippen LogP contribution in [0.15, 0.2) is 30.3 Å². The van der Waals surface area contributed by atoms with E-state index < -0.39 is 5.60 Å². The van der Waals surface area contributed by atoms with Gasteiger partial charge in [0.15, 0.2) is 0 Å². The van der Waals surface area contributed by atoms with E-state index in [4.69, 9.17) is 0 Å². The topological polar surface area (TPSA) is 20.2 Å². The van der Waals surface area contributed by atoms with Gasteiger partial charge in [-0.05, 0) is 44.1 Å². The number of hydrogen-bond acceptors (Lipinski definition) is 1. The first kappa shape index (κ1) is 9.72. The summed E-state index contributed by atoms with van der Waals surface area (Å²) in [4.78, 5) is 0. The molecule has 1 aliphatic rings. The zero-order chi connectivity index (χ0) is 10.2. The zero-order valence-corrected chi connectivity index (χ0v) is 8.96. The zero-order valence-electron chi connectivity index (χ0n) is 8.96. The number of benzene rings is 1. The van der Waals surface area contributed by atoms with Gasteiger partial charge in [0.05, 0.1) is 5.60 Å². The Morgan fingerprint density at radius 2 is 1.79 bits per heavy atom. The quantitative estimate of drug-likeness (QED) is 0.777. The third-order valence-corrected chi connectivity index (χ3v) is 3.01. The third kappa shape index (κ3) is 1.98. The monoisotopic (exact) mass is 190 g/mol. The van der Waals surface area contributed by atoms with Crippen LogP contribution in [0.25, 0.3) is 0 Å². The summed E-state index contributed by atoms with van der Waals surface area (Å²) in [6, 6.07) is 10.6. The predicted octanol–water partition coefficient (Wildman–Crippen LogP) is 2.88. The van der Waals surface area contributed by atoms with Crippen molar-refractivity contribution < 1.29 is 5.11 Å². The lowest BCUT2D eigenvalue weighted by molar-refractivity contribution is 0.0595. The van der Waals surface area contributed by atoms with Crippen molar-refractivity contribution in [3.8, 4) is 0 Å². The molecule has 1 aliphatic carbocycles. The van der Waals surface area contributed by atoms with Crippen LogP contribution in [-0.4, -0.2) is 10.7 Å². The molecule has 0 bridgehead atoms. The van der Waals surface area contributed by atoms with E-state index in [0.717, 1.165) is 6.42 Å². The van der Waals surface area contributed by atoms with E-state index >= 15 is 0 Å². The number of rotatable bonds is 3. The minimum absolute atomic E-state index is 0.277. The minimum Gasteiger partial charge on any atom is -0.390 e. The second kappa shape index (κ2) is 3.09. The van der Waals surface area contributed by atoms with E-state index in [2.05, 4.69) is 24.3 Å². The van der Waals surface area contributed by atoms with Crippen LogP contribution in [0.2, 0.25) is 0 Å². The minimum atomic E-state index is -0.549. The van der Waals surface area contributed by atoms with Crippen molar-refractivity contribution in [1.29, 1.82) is 0 Å². The Hall–Kier alpha value is -0.820. The smallest absolute Gasteiger partial charge is 0.0600 e. The lowest BCUT2D eigenvalue weighted by Crippen LogP contribution is -2.26. The molecule has 0 spiro atoms. The van der Waals surface area contributed by atoms with Gasteiger partial charge in [0.25, 0.3) is 0 Å².